The largest absolute Gasteiger partial charge is 0.388 e. The van der Waals surface area contributed by atoms with E-state index in [0.717, 1.165) is 10.0 Å². The van der Waals surface area contributed by atoms with Gasteiger partial charge in [0.15, 0.2) is 0 Å². The Morgan fingerprint density at radius 2 is 2.33 bits per heavy atom. The molecule has 0 spiro atoms. The Morgan fingerprint density at radius 3 is 3.00 bits per heavy atom. The topological polar surface area (TPSA) is 69.0 Å². The number of hydrogen-bond acceptors (Lipinski definition) is 2. The highest BCUT2D eigenvalue weighted by atomic mass is 79.9. The molecule has 0 amide bonds. The highest BCUT2D eigenvalue weighted by Gasteiger charge is 2.06. The van der Waals surface area contributed by atoms with E-state index < -0.39 is 6.10 Å². The van der Waals surface area contributed by atoms with Crippen molar-refractivity contribution in [3.05, 3.63) is 44.7 Å². The number of rotatable bonds is 5. The van der Waals surface area contributed by atoms with Crippen LogP contribution in [0.2, 0.25) is 0 Å². The molecule has 1 aromatic rings. The van der Waals surface area contributed by atoms with Crippen LogP contribution in [0.1, 0.15) is 24.5 Å². The third-order valence-electron chi connectivity index (χ3n) is 2.03. The first-order valence-electron chi connectivity index (χ1n) is 4.68. The summed E-state index contributed by atoms with van der Waals surface area (Å²) < 4.78 is 0.953. The third kappa shape index (κ3) is 4.34. The molecule has 0 saturated carbocycles. The van der Waals surface area contributed by atoms with E-state index in [1.807, 2.05) is 24.3 Å². The molecule has 0 aliphatic heterocycles. The molecule has 0 bridgehead atoms. The van der Waals surface area contributed by atoms with Gasteiger partial charge in [0, 0.05) is 15.9 Å². The number of aliphatic hydroxyl groups is 1. The quantitative estimate of drug-likeness (QED) is 0.378. The van der Waals surface area contributed by atoms with Crippen LogP contribution in [-0.4, -0.2) is 11.7 Å². The van der Waals surface area contributed by atoms with Crippen LogP contribution in [0.15, 0.2) is 33.9 Å². The van der Waals surface area contributed by atoms with Crippen molar-refractivity contribution in [1.82, 2.24) is 0 Å². The molecule has 80 valence electrons. The molecule has 1 rings (SSSR count). The minimum absolute atomic E-state index is 0.432. The number of hydrogen-bond donors (Lipinski definition) is 1. The van der Waals surface area contributed by atoms with Gasteiger partial charge in [0.2, 0.25) is 0 Å². The average molecular weight is 270 g/mol. The molecule has 1 N–H and O–H groups in total. The highest BCUT2D eigenvalue weighted by Crippen LogP contribution is 2.21. The van der Waals surface area contributed by atoms with Crippen LogP contribution in [-0.2, 0) is 0 Å². The lowest BCUT2D eigenvalue weighted by Gasteiger charge is -2.09. The molecule has 0 aromatic heterocycles. The fourth-order valence-electron chi connectivity index (χ4n) is 1.28. The summed E-state index contributed by atoms with van der Waals surface area (Å²) in [5.41, 5.74) is 8.95. The van der Waals surface area contributed by atoms with Crippen LogP contribution in [0.5, 0.6) is 0 Å². The molecule has 1 unspecified atom stereocenters. The van der Waals surface area contributed by atoms with E-state index in [0.29, 0.717) is 19.4 Å². The maximum Gasteiger partial charge on any atom is 0.0790 e. The Bertz CT molecular complexity index is 363. The summed E-state index contributed by atoms with van der Waals surface area (Å²) in [5, 5.41) is 13.2. The van der Waals surface area contributed by atoms with Gasteiger partial charge in [-0.3, -0.25) is 0 Å². The summed E-state index contributed by atoms with van der Waals surface area (Å²) in [4.78, 5) is 2.66. The van der Waals surface area contributed by atoms with Gasteiger partial charge in [-0.15, -0.1) is 0 Å². The number of azide groups is 1. The van der Waals surface area contributed by atoms with E-state index in [1.54, 1.807) is 0 Å². The first-order valence-corrected chi connectivity index (χ1v) is 5.47. The molecule has 4 nitrogen and oxygen atoms in total. The van der Waals surface area contributed by atoms with Crippen molar-refractivity contribution in [2.24, 2.45) is 5.11 Å². The summed E-state index contributed by atoms with van der Waals surface area (Å²) in [6.45, 7) is 0.432. The van der Waals surface area contributed by atoms with Crippen molar-refractivity contribution < 1.29 is 5.11 Å². The Labute approximate surface area is 96.7 Å². The second-order valence-electron chi connectivity index (χ2n) is 3.17. The van der Waals surface area contributed by atoms with Crippen LogP contribution in [0.3, 0.4) is 0 Å². The van der Waals surface area contributed by atoms with Crippen molar-refractivity contribution in [3.63, 3.8) is 0 Å². The number of benzene rings is 1. The molecule has 0 radical (unpaired) electrons. The molecule has 0 heterocycles. The monoisotopic (exact) mass is 269 g/mol. The summed E-state index contributed by atoms with van der Waals surface area (Å²) >= 11 is 3.35. The van der Waals surface area contributed by atoms with Crippen molar-refractivity contribution in [3.8, 4) is 0 Å². The third-order valence-corrected chi connectivity index (χ3v) is 2.53. The standard InChI is InChI=1S/C10H12BrN3O/c11-9-4-1-3-8(7-9)10(15)5-2-6-13-14-12/h1,3-4,7,10,15H,2,5-6H2. The summed E-state index contributed by atoms with van der Waals surface area (Å²) in [6, 6.07) is 7.56. The minimum Gasteiger partial charge on any atom is -0.388 e. The molecule has 5 heteroatoms. The summed E-state index contributed by atoms with van der Waals surface area (Å²) in [7, 11) is 0. The Morgan fingerprint density at radius 1 is 1.53 bits per heavy atom. The Hall–Kier alpha value is -1.03. The van der Waals surface area contributed by atoms with E-state index in [2.05, 4.69) is 26.0 Å². The van der Waals surface area contributed by atoms with Gasteiger partial charge in [-0.2, -0.15) is 0 Å². The van der Waals surface area contributed by atoms with E-state index in [4.69, 9.17) is 5.53 Å². The Kier molecular flexibility index (Phi) is 5.18. The van der Waals surface area contributed by atoms with Crippen LogP contribution in [0, 0.1) is 0 Å². The molecule has 1 aromatic carbocycles. The maximum atomic E-state index is 9.79. The summed E-state index contributed by atoms with van der Waals surface area (Å²) in [5.74, 6) is 0. The molecule has 0 saturated heterocycles. The molecule has 0 aliphatic rings. The van der Waals surface area contributed by atoms with Crippen molar-refractivity contribution >= 4 is 15.9 Å². The number of nitrogens with zero attached hydrogens (tertiary/aromatic N) is 3. The zero-order chi connectivity index (χ0) is 11.1. The van der Waals surface area contributed by atoms with Gasteiger partial charge in [0.05, 0.1) is 6.10 Å². The van der Waals surface area contributed by atoms with Gasteiger partial charge in [0.25, 0.3) is 0 Å². The van der Waals surface area contributed by atoms with Crippen molar-refractivity contribution in [1.29, 1.82) is 0 Å². The summed E-state index contributed by atoms with van der Waals surface area (Å²) in [6.07, 6.45) is 0.809. The normalized spacial score (nSPS) is 11.9. The van der Waals surface area contributed by atoms with Gasteiger partial charge >= 0.3 is 0 Å². The SMILES string of the molecule is [N-]=[N+]=NCCCC(O)c1cccc(Br)c1. The predicted molar refractivity (Wildman–Crippen MR) is 62.3 cm³/mol. The van der Waals surface area contributed by atoms with E-state index >= 15 is 0 Å². The second kappa shape index (κ2) is 6.45. The van der Waals surface area contributed by atoms with E-state index in [1.165, 1.54) is 0 Å². The first-order chi connectivity index (χ1) is 7.24. The first kappa shape index (κ1) is 12.0. The van der Waals surface area contributed by atoms with E-state index in [9.17, 15) is 5.11 Å². The number of aliphatic hydroxyl groups excluding tert-OH is 1. The van der Waals surface area contributed by atoms with Gasteiger partial charge in [-0.1, -0.05) is 33.2 Å². The molecular formula is C10H12BrN3O. The lowest BCUT2D eigenvalue weighted by atomic mass is 10.1. The molecule has 1 atom stereocenters. The fraction of sp³-hybridized carbons (Fsp3) is 0.400. The zero-order valence-electron chi connectivity index (χ0n) is 8.17. The molecule has 0 aliphatic carbocycles. The molecule has 15 heavy (non-hydrogen) atoms. The molecule has 0 fully saturated rings. The van der Waals surface area contributed by atoms with Gasteiger partial charge in [-0.25, -0.2) is 0 Å². The van der Waals surface area contributed by atoms with Crippen molar-refractivity contribution in [2.45, 2.75) is 18.9 Å². The molecular weight excluding hydrogens is 258 g/mol. The van der Waals surface area contributed by atoms with Crippen LogP contribution < -0.4 is 0 Å². The Balaban J connectivity index is 2.46. The lowest BCUT2D eigenvalue weighted by Crippen LogP contribution is -1.98. The average Bonchev–Trinajstić information content (AvgIpc) is 2.24. The predicted octanol–water partition coefficient (Wildman–Crippen LogP) is 3.57. The van der Waals surface area contributed by atoms with Gasteiger partial charge in [0.1, 0.15) is 0 Å². The van der Waals surface area contributed by atoms with Crippen molar-refractivity contribution in [2.75, 3.05) is 6.54 Å². The van der Waals surface area contributed by atoms with E-state index in [-0.39, 0.29) is 0 Å². The van der Waals surface area contributed by atoms with Gasteiger partial charge < -0.3 is 5.11 Å². The van der Waals surface area contributed by atoms with Crippen LogP contribution in [0.4, 0.5) is 0 Å². The minimum atomic E-state index is -0.489. The fourth-order valence-corrected chi connectivity index (χ4v) is 1.70. The maximum absolute atomic E-state index is 9.79. The second-order valence-corrected chi connectivity index (χ2v) is 4.08. The van der Waals surface area contributed by atoms with Gasteiger partial charge in [-0.05, 0) is 36.1 Å². The smallest absolute Gasteiger partial charge is 0.0790 e. The lowest BCUT2D eigenvalue weighted by molar-refractivity contribution is 0.165. The zero-order valence-corrected chi connectivity index (χ0v) is 9.76. The van der Waals surface area contributed by atoms with Crippen LogP contribution in [0.25, 0.3) is 10.4 Å². The van der Waals surface area contributed by atoms with Crippen LogP contribution >= 0.6 is 15.9 Å². The number of halogens is 1. The highest BCUT2D eigenvalue weighted by molar-refractivity contribution is 9.10.